The molecule has 0 bridgehead atoms. The Bertz CT molecular complexity index is 1230. The van der Waals surface area contributed by atoms with E-state index in [2.05, 4.69) is 32.8 Å². The lowest BCUT2D eigenvalue weighted by molar-refractivity contribution is 0.0684. The Hall–Kier alpha value is -3.16. The van der Waals surface area contributed by atoms with Crippen LogP contribution in [-0.2, 0) is 6.54 Å². The number of ether oxygens (including phenoxy) is 1. The Kier molecular flexibility index (Phi) is 8.67. The van der Waals surface area contributed by atoms with Gasteiger partial charge in [-0.05, 0) is 63.5 Å². The van der Waals surface area contributed by atoms with Crippen LogP contribution in [0.5, 0.6) is 5.75 Å². The summed E-state index contributed by atoms with van der Waals surface area (Å²) in [5.74, 6) is 1.77. The summed E-state index contributed by atoms with van der Waals surface area (Å²) in [6, 6.07) is 6.25. The Balaban J connectivity index is 0.00000156. The normalized spacial score (nSPS) is 17.0. The van der Waals surface area contributed by atoms with E-state index < -0.39 is 5.97 Å². The molecule has 2 aliphatic carbocycles. The number of imidazole rings is 1. The van der Waals surface area contributed by atoms with Crippen molar-refractivity contribution in [3.05, 3.63) is 29.6 Å². The van der Waals surface area contributed by atoms with Crippen molar-refractivity contribution in [2.24, 2.45) is 11.8 Å². The molecule has 2 heterocycles. The standard InChI is InChI=1S/C27H35N5O3.C2H6/c1-16-12-13-21(35-3)20(14-16)26-31-24-22(32(26)15-18-8-5-4-6-9-18)23(29-25(30-24)27(33)34)28-17(2)19-10-7-11-19;1-2/h12-14,17-19H,4-11,15H2,1-3H3,(H,33,34)(H,28,29,30);1-2H3/t17-;/m1./s1. The predicted molar refractivity (Wildman–Crippen MR) is 147 cm³/mol. The van der Waals surface area contributed by atoms with Crippen molar-refractivity contribution in [1.29, 1.82) is 0 Å². The van der Waals surface area contributed by atoms with Gasteiger partial charge < -0.3 is 19.7 Å². The highest BCUT2D eigenvalue weighted by Crippen LogP contribution is 2.37. The number of aromatic nitrogens is 4. The van der Waals surface area contributed by atoms with E-state index in [1.165, 1.54) is 51.4 Å². The van der Waals surface area contributed by atoms with Gasteiger partial charge in [0, 0.05) is 12.6 Å². The van der Waals surface area contributed by atoms with Crippen LogP contribution < -0.4 is 10.1 Å². The molecular formula is C29H41N5O3. The summed E-state index contributed by atoms with van der Waals surface area (Å²) >= 11 is 0. The maximum Gasteiger partial charge on any atom is 0.374 e. The molecule has 2 N–H and O–H groups in total. The third-order valence-corrected chi connectivity index (χ3v) is 7.78. The number of methoxy groups -OCH3 is 1. The molecule has 1 atom stereocenters. The summed E-state index contributed by atoms with van der Waals surface area (Å²) in [6.45, 7) is 9.00. The maximum absolute atomic E-state index is 11.9. The number of benzene rings is 1. The molecule has 200 valence electrons. The maximum atomic E-state index is 11.9. The van der Waals surface area contributed by atoms with Crippen LogP contribution in [0.15, 0.2) is 18.2 Å². The van der Waals surface area contributed by atoms with E-state index in [4.69, 9.17) is 9.72 Å². The van der Waals surface area contributed by atoms with Crippen LogP contribution >= 0.6 is 0 Å². The van der Waals surface area contributed by atoms with Crippen molar-refractivity contribution in [3.63, 3.8) is 0 Å². The third-order valence-electron chi connectivity index (χ3n) is 7.78. The molecule has 0 radical (unpaired) electrons. The fourth-order valence-corrected chi connectivity index (χ4v) is 5.51. The van der Waals surface area contributed by atoms with Gasteiger partial charge in [0.1, 0.15) is 17.1 Å². The highest BCUT2D eigenvalue weighted by molar-refractivity contribution is 5.92. The predicted octanol–water partition coefficient (Wildman–Crippen LogP) is 6.72. The van der Waals surface area contributed by atoms with E-state index in [1.807, 2.05) is 32.9 Å². The lowest BCUT2D eigenvalue weighted by Crippen LogP contribution is -2.31. The number of hydrogen-bond donors (Lipinski definition) is 2. The number of carboxylic acids is 1. The van der Waals surface area contributed by atoms with Crippen LogP contribution in [-0.4, -0.2) is 43.7 Å². The molecule has 5 rings (SSSR count). The molecule has 0 amide bonds. The van der Waals surface area contributed by atoms with Crippen molar-refractivity contribution in [2.45, 2.75) is 91.6 Å². The fourth-order valence-electron chi connectivity index (χ4n) is 5.51. The number of rotatable bonds is 8. The molecule has 0 spiro atoms. The molecule has 2 fully saturated rings. The van der Waals surface area contributed by atoms with E-state index in [9.17, 15) is 9.90 Å². The third kappa shape index (κ3) is 5.73. The minimum Gasteiger partial charge on any atom is -0.496 e. The van der Waals surface area contributed by atoms with Crippen molar-refractivity contribution in [2.75, 3.05) is 12.4 Å². The van der Waals surface area contributed by atoms with Gasteiger partial charge in [0.2, 0.25) is 5.82 Å². The van der Waals surface area contributed by atoms with Crippen molar-refractivity contribution in [3.8, 4) is 17.1 Å². The van der Waals surface area contributed by atoms with E-state index in [0.29, 0.717) is 23.3 Å². The van der Waals surface area contributed by atoms with Gasteiger partial charge in [-0.3, -0.25) is 0 Å². The molecule has 1 aromatic carbocycles. The average molecular weight is 508 g/mol. The number of carbonyl (C=O) groups is 1. The molecule has 8 heteroatoms. The van der Waals surface area contributed by atoms with Crippen molar-refractivity contribution in [1.82, 2.24) is 19.5 Å². The van der Waals surface area contributed by atoms with Crippen LogP contribution in [0.25, 0.3) is 22.6 Å². The van der Waals surface area contributed by atoms with Gasteiger partial charge >= 0.3 is 5.97 Å². The first-order valence-electron chi connectivity index (χ1n) is 13.9. The van der Waals surface area contributed by atoms with Crippen LogP contribution in [0.3, 0.4) is 0 Å². The number of nitrogens with zero attached hydrogens (tertiary/aromatic N) is 4. The summed E-state index contributed by atoms with van der Waals surface area (Å²) in [5.41, 5.74) is 3.18. The van der Waals surface area contributed by atoms with E-state index >= 15 is 0 Å². The minimum atomic E-state index is -1.15. The summed E-state index contributed by atoms with van der Waals surface area (Å²) in [4.78, 5) is 25.7. The second-order valence-corrected chi connectivity index (χ2v) is 10.3. The Labute approximate surface area is 219 Å². The van der Waals surface area contributed by atoms with Crippen LogP contribution in [0.4, 0.5) is 5.82 Å². The summed E-state index contributed by atoms with van der Waals surface area (Å²) < 4.78 is 7.92. The monoisotopic (exact) mass is 507 g/mol. The number of fused-ring (bicyclic) bond motifs is 1. The van der Waals surface area contributed by atoms with E-state index in [1.54, 1.807) is 7.11 Å². The fraction of sp³-hybridized carbons (Fsp3) is 0.586. The minimum absolute atomic E-state index is 0.193. The summed E-state index contributed by atoms with van der Waals surface area (Å²) in [6.07, 6.45) is 9.73. The van der Waals surface area contributed by atoms with E-state index in [0.717, 1.165) is 34.8 Å². The number of anilines is 1. The molecular weight excluding hydrogens is 466 g/mol. The highest BCUT2D eigenvalue weighted by atomic mass is 16.5. The Morgan fingerprint density at radius 1 is 1.11 bits per heavy atom. The van der Waals surface area contributed by atoms with Gasteiger partial charge in [-0.25, -0.2) is 19.7 Å². The zero-order valence-corrected chi connectivity index (χ0v) is 22.9. The first-order valence-corrected chi connectivity index (χ1v) is 13.9. The van der Waals surface area contributed by atoms with Crippen molar-refractivity contribution >= 4 is 23.0 Å². The molecule has 37 heavy (non-hydrogen) atoms. The number of nitrogens with one attached hydrogen (secondary N) is 1. The first-order chi connectivity index (χ1) is 17.9. The zero-order chi connectivity index (χ0) is 26.5. The number of aryl methyl sites for hydroxylation is 1. The Morgan fingerprint density at radius 3 is 2.46 bits per heavy atom. The lowest BCUT2D eigenvalue weighted by Gasteiger charge is -2.32. The molecule has 2 saturated carbocycles. The smallest absolute Gasteiger partial charge is 0.374 e. The summed E-state index contributed by atoms with van der Waals surface area (Å²) in [7, 11) is 1.66. The second kappa shape index (κ2) is 11.9. The van der Waals surface area contributed by atoms with Crippen LogP contribution in [0.2, 0.25) is 0 Å². The quantitative estimate of drug-likeness (QED) is 0.349. The van der Waals surface area contributed by atoms with Gasteiger partial charge in [0.25, 0.3) is 0 Å². The van der Waals surface area contributed by atoms with E-state index in [-0.39, 0.29) is 11.9 Å². The summed E-state index contributed by atoms with van der Waals surface area (Å²) in [5, 5.41) is 13.3. The van der Waals surface area contributed by atoms with Crippen LogP contribution in [0.1, 0.15) is 88.3 Å². The van der Waals surface area contributed by atoms with Gasteiger partial charge in [-0.2, -0.15) is 0 Å². The van der Waals surface area contributed by atoms with Gasteiger partial charge in [-0.15, -0.1) is 0 Å². The Morgan fingerprint density at radius 2 is 1.84 bits per heavy atom. The van der Waals surface area contributed by atoms with Crippen molar-refractivity contribution < 1.29 is 14.6 Å². The average Bonchev–Trinajstić information content (AvgIpc) is 3.23. The lowest BCUT2D eigenvalue weighted by atomic mass is 9.80. The number of hydrogen-bond acceptors (Lipinski definition) is 6. The highest BCUT2D eigenvalue weighted by Gasteiger charge is 2.29. The molecule has 8 nitrogen and oxygen atoms in total. The van der Waals surface area contributed by atoms with Gasteiger partial charge in [0.15, 0.2) is 11.5 Å². The largest absolute Gasteiger partial charge is 0.496 e. The number of aromatic carboxylic acids is 1. The van der Waals surface area contributed by atoms with Gasteiger partial charge in [-0.1, -0.05) is 51.2 Å². The zero-order valence-electron chi connectivity index (χ0n) is 22.9. The SMILES string of the molecule is CC.COc1ccc(C)cc1-c1nc2nc(C(=O)O)nc(N[C@H](C)C3CCC3)c2n1CC1CCCCC1. The molecule has 0 unspecified atom stereocenters. The van der Waals surface area contributed by atoms with Gasteiger partial charge in [0.05, 0.1) is 12.7 Å². The number of carboxylic acid groups (broad SMARTS) is 1. The molecule has 0 saturated heterocycles. The molecule has 0 aliphatic heterocycles. The topological polar surface area (TPSA) is 102 Å². The molecule has 3 aromatic rings. The first kappa shape index (κ1) is 26.9. The second-order valence-electron chi connectivity index (χ2n) is 10.3. The molecule has 2 aliphatic rings. The van der Waals surface area contributed by atoms with Crippen LogP contribution in [0, 0.1) is 18.8 Å². The molecule has 2 aromatic heterocycles.